The number of carbonyl (C=O) groups excluding carboxylic acids is 1. The standard InChI is InChI=1S/C12H18N2O3/c1-11(2,5-13)6-14-9(15)7-8(10(16)17)12(7,3)4/h7-8H,6H2,1-4H3,(H,14,15)(H,16,17). The molecule has 5 nitrogen and oxygen atoms in total. The summed E-state index contributed by atoms with van der Waals surface area (Å²) in [4.78, 5) is 22.7. The minimum Gasteiger partial charge on any atom is -0.481 e. The van der Waals surface area contributed by atoms with Crippen molar-refractivity contribution in [3.63, 3.8) is 0 Å². The molecule has 0 bridgehead atoms. The molecule has 94 valence electrons. The highest BCUT2D eigenvalue weighted by molar-refractivity contribution is 5.91. The van der Waals surface area contributed by atoms with Gasteiger partial charge in [-0.05, 0) is 19.3 Å². The Hall–Kier alpha value is -1.57. The van der Waals surface area contributed by atoms with Crippen LogP contribution in [0.5, 0.6) is 0 Å². The molecule has 2 unspecified atom stereocenters. The van der Waals surface area contributed by atoms with Crippen molar-refractivity contribution in [1.82, 2.24) is 5.32 Å². The smallest absolute Gasteiger partial charge is 0.307 e. The Bertz CT molecular complexity index is 393. The number of nitrogens with zero attached hydrogens (tertiary/aromatic N) is 1. The summed E-state index contributed by atoms with van der Waals surface area (Å²) in [5.41, 5.74) is -1.12. The van der Waals surface area contributed by atoms with E-state index in [0.717, 1.165) is 0 Å². The van der Waals surface area contributed by atoms with Gasteiger partial charge in [0.15, 0.2) is 0 Å². The van der Waals surface area contributed by atoms with Gasteiger partial charge in [0, 0.05) is 6.54 Å². The average Bonchev–Trinajstić information content (AvgIpc) is 2.78. The van der Waals surface area contributed by atoms with Crippen molar-refractivity contribution in [2.45, 2.75) is 27.7 Å². The van der Waals surface area contributed by atoms with E-state index >= 15 is 0 Å². The van der Waals surface area contributed by atoms with Gasteiger partial charge in [-0.3, -0.25) is 9.59 Å². The summed E-state index contributed by atoms with van der Waals surface area (Å²) in [6.07, 6.45) is 0. The first-order valence-electron chi connectivity index (χ1n) is 5.55. The number of hydrogen-bond donors (Lipinski definition) is 2. The van der Waals surface area contributed by atoms with E-state index in [1.165, 1.54) is 0 Å². The minimum atomic E-state index is -0.935. The molecule has 0 spiro atoms. The number of rotatable bonds is 4. The quantitative estimate of drug-likeness (QED) is 0.764. The summed E-state index contributed by atoms with van der Waals surface area (Å²) in [5, 5.41) is 20.4. The van der Waals surface area contributed by atoms with Crippen LogP contribution < -0.4 is 5.32 Å². The molecule has 0 aromatic heterocycles. The summed E-state index contributed by atoms with van der Waals surface area (Å²) in [5.74, 6) is -2.32. The maximum Gasteiger partial charge on any atom is 0.307 e. The molecule has 1 rings (SSSR count). The summed E-state index contributed by atoms with van der Waals surface area (Å²) in [7, 11) is 0. The second-order valence-corrected chi connectivity index (χ2v) is 5.83. The van der Waals surface area contributed by atoms with Crippen LogP contribution in [0.25, 0.3) is 0 Å². The topological polar surface area (TPSA) is 90.2 Å². The average molecular weight is 238 g/mol. The molecule has 5 heteroatoms. The van der Waals surface area contributed by atoms with Gasteiger partial charge in [-0.25, -0.2) is 0 Å². The molecule has 0 aliphatic heterocycles. The van der Waals surface area contributed by atoms with Crippen molar-refractivity contribution in [2.75, 3.05) is 6.54 Å². The third kappa shape index (κ3) is 2.57. The van der Waals surface area contributed by atoms with Crippen LogP contribution in [0.2, 0.25) is 0 Å². The van der Waals surface area contributed by atoms with Crippen LogP contribution in [0.3, 0.4) is 0 Å². The number of aliphatic carboxylic acids is 1. The molecule has 2 N–H and O–H groups in total. The van der Waals surface area contributed by atoms with Crippen molar-refractivity contribution >= 4 is 11.9 Å². The number of nitrogens with one attached hydrogen (secondary N) is 1. The maximum atomic E-state index is 11.8. The molecule has 0 aromatic rings. The van der Waals surface area contributed by atoms with Gasteiger partial charge < -0.3 is 10.4 Å². The molecular weight excluding hydrogens is 220 g/mol. The number of amides is 1. The Balaban J connectivity index is 2.58. The van der Waals surface area contributed by atoms with Crippen LogP contribution >= 0.6 is 0 Å². The summed E-state index contributed by atoms with van der Waals surface area (Å²) in [6, 6.07) is 2.08. The van der Waals surface area contributed by atoms with E-state index in [9.17, 15) is 9.59 Å². The number of nitriles is 1. The molecule has 1 saturated carbocycles. The third-order valence-electron chi connectivity index (χ3n) is 3.38. The Kier molecular flexibility index (Phi) is 3.19. The lowest BCUT2D eigenvalue weighted by atomic mass is 9.96. The Morgan fingerprint density at radius 2 is 1.94 bits per heavy atom. The summed E-state index contributed by atoms with van der Waals surface area (Å²) < 4.78 is 0. The Morgan fingerprint density at radius 3 is 2.29 bits per heavy atom. The molecule has 1 aliphatic carbocycles. The summed E-state index contributed by atoms with van der Waals surface area (Å²) >= 11 is 0. The van der Waals surface area contributed by atoms with Gasteiger partial charge in [0.05, 0.1) is 23.3 Å². The Labute approximate surface area is 101 Å². The molecule has 0 radical (unpaired) electrons. The van der Waals surface area contributed by atoms with E-state index in [0.29, 0.717) is 0 Å². The van der Waals surface area contributed by atoms with E-state index in [-0.39, 0.29) is 12.5 Å². The highest BCUT2D eigenvalue weighted by Crippen LogP contribution is 2.58. The second kappa shape index (κ2) is 4.02. The van der Waals surface area contributed by atoms with Crippen LogP contribution in [0.1, 0.15) is 27.7 Å². The SMILES string of the molecule is CC(C)(C#N)CNC(=O)C1C(C(=O)O)C1(C)C. The zero-order valence-electron chi connectivity index (χ0n) is 10.6. The molecule has 17 heavy (non-hydrogen) atoms. The zero-order chi connectivity index (χ0) is 13.4. The van der Waals surface area contributed by atoms with Crippen molar-refractivity contribution < 1.29 is 14.7 Å². The second-order valence-electron chi connectivity index (χ2n) is 5.83. The van der Waals surface area contributed by atoms with Crippen molar-refractivity contribution in [2.24, 2.45) is 22.7 Å². The predicted octanol–water partition coefficient (Wildman–Crippen LogP) is 1.01. The van der Waals surface area contributed by atoms with Gasteiger partial charge in [0.2, 0.25) is 5.91 Å². The van der Waals surface area contributed by atoms with Gasteiger partial charge in [-0.1, -0.05) is 13.8 Å². The fraction of sp³-hybridized carbons (Fsp3) is 0.750. The predicted molar refractivity (Wildman–Crippen MR) is 60.8 cm³/mol. The lowest BCUT2D eigenvalue weighted by Gasteiger charge is -2.16. The third-order valence-corrected chi connectivity index (χ3v) is 3.38. The lowest BCUT2D eigenvalue weighted by molar-refractivity contribution is -0.140. The maximum absolute atomic E-state index is 11.8. The van der Waals surface area contributed by atoms with Gasteiger partial charge in [-0.15, -0.1) is 0 Å². The van der Waals surface area contributed by atoms with E-state index in [1.807, 2.05) is 0 Å². The zero-order valence-corrected chi connectivity index (χ0v) is 10.6. The molecule has 1 amide bonds. The monoisotopic (exact) mass is 238 g/mol. The van der Waals surface area contributed by atoms with Crippen LogP contribution in [0.4, 0.5) is 0 Å². The van der Waals surface area contributed by atoms with E-state index < -0.39 is 28.6 Å². The lowest BCUT2D eigenvalue weighted by Crippen LogP contribution is -2.35. The first-order valence-corrected chi connectivity index (χ1v) is 5.55. The molecule has 2 atom stereocenters. The molecule has 0 saturated heterocycles. The van der Waals surface area contributed by atoms with Crippen LogP contribution in [-0.2, 0) is 9.59 Å². The first-order chi connectivity index (χ1) is 7.63. The Morgan fingerprint density at radius 1 is 1.41 bits per heavy atom. The fourth-order valence-corrected chi connectivity index (χ4v) is 2.05. The van der Waals surface area contributed by atoms with E-state index in [4.69, 9.17) is 10.4 Å². The van der Waals surface area contributed by atoms with Crippen molar-refractivity contribution in [3.05, 3.63) is 0 Å². The van der Waals surface area contributed by atoms with E-state index in [1.54, 1.807) is 27.7 Å². The fourth-order valence-electron chi connectivity index (χ4n) is 2.05. The van der Waals surface area contributed by atoms with Crippen LogP contribution in [0, 0.1) is 34.0 Å². The van der Waals surface area contributed by atoms with E-state index in [2.05, 4.69) is 11.4 Å². The molecule has 1 aliphatic rings. The van der Waals surface area contributed by atoms with Gasteiger partial charge in [0.1, 0.15) is 0 Å². The minimum absolute atomic E-state index is 0.237. The van der Waals surface area contributed by atoms with Crippen LogP contribution in [0.15, 0.2) is 0 Å². The highest BCUT2D eigenvalue weighted by Gasteiger charge is 2.65. The van der Waals surface area contributed by atoms with Gasteiger partial charge in [-0.2, -0.15) is 5.26 Å². The van der Waals surface area contributed by atoms with Crippen molar-refractivity contribution in [1.29, 1.82) is 5.26 Å². The largest absolute Gasteiger partial charge is 0.481 e. The molecule has 1 fully saturated rings. The molecule has 0 aromatic carbocycles. The molecular formula is C12H18N2O3. The normalized spacial score (nSPS) is 25.8. The number of carbonyl (C=O) groups is 2. The summed E-state index contributed by atoms with van der Waals surface area (Å²) in [6.45, 7) is 7.22. The van der Waals surface area contributed by atoms with Crippen LogP contribution in [-0.4, -0.2) is 23.5 Å². The number of hydrogen-bond acceptors (Lipinski definition) is 3. The number of carboxylic acids is 1. The van der Waals surface area contributed by atoms with Crippen molar-refractivity contribution in [3.8, 4) is 6.07 Å². The first kappa shape index (κ1) is 13.5. The highest BCUT2D eigenvalue weighted by atomic mass is 16.4. The van der Waals surface area contributed by atoms with Gasteiger partial charge in [0.25, 0.3) is 0 Å². The number of carboxylic acid groups (broad SMARTS) is 1. The molecule has 0 heterocycles. The van der Waals surface area contributed by atoms with Gasteiger partial charge >= 0.3 is 5.97 Å².